The first kappa shape index (κ1) is 16.0. The molecule has 3 N–H and O–H groups in total. The Morgan fingerprint density at radius 3 is 2.58 bits per heavy atom. The molecular formula is C16H28N2O. The molecule has 108 valence electrons. The van der Waals surface area contributed by atoms with E-state index in [1.165, 1.54) is 43.2 Å². The van der Waals surface area contributed by atoms with Crippen LogP contribution in [0.1, 0.15) is 62.6 Å². The molecule has 1 aromatic rings. The number of hydrogen-bond donors (Lipinski definition) is 2. The van der Waals surface area contributed by atoms with Crippen LogP contribution in [-0.2, 0) is 0 Å². The average Bonchev–Trinajstić information content (AvgIpc) is 2.43. The van der Waals surface area contributed by atoms with Gasteiger partial charge in [0.2, 0.25) is 0 Å². The molecule has 0 heterocycles. The van der Waals surface area contributed by atoms with Gasteiger partial charge < -0.3 is 4.74 Å². The van der Waals surface area contributed by atoms with E-state index < -0.39 is 0 Å². The molecule has 0 spiro atoms. The van der Waals surface area contributed by atoms with Gasteiger partial charge in [-0.05, 0) is 19.4 Å². The summed E-state index contributed by atoms with van der Waals surface area (Å²) in [5, 5.41) is 0. The number of aryl methyl sites for hydroxylation is 1. The monoisotopic (exact) mass is 264 g/mol. The zero-order chi connectivity index (χ0) is 14.1. The highest BCUT2D eigenvalue weighted by Crippen LogP contribution is 2.29. The first-order valence-corrected chi connectivity index (χ1v) is 7.33. The summed E-state index contributed by atoms with van der Waals surface area (Å²) in [5.74, 6) is 6.63. The van der Waals surface area contributed by atoms with Crippen LogP contribution in [0.3, 0.4) is 0 Å². The Bertz CT molecular complexity index is 366. The second kappa shape index (κ2) is 8.94. The molecule has 1 aromatic carbocycles. The Morgan fingerprint density at radius 1 is 1.21 bits per heavy atom. The van der Waals surface area contributed by atoms with E-state index in [9.17, 15) is 0 Å². The Kier molecular flexibility index (Phi) is 7.53. The van der Waals surface area contributed by atoms with Gasteiger partial charge in [0.05, 0.1) is 7.11 Å². The number of unbranched alkanes of at least 4 members (excludes halogenated alkanes) is 4. The minimum atomic E-state index is 0.177. The maximum Gasteiger partial charge on any atom is 0.123 e. The van der Waals surface area contributed by atoms with Crippen molar-refractivity contribution in [2.75, 3.05) is 7.11 Å². The number of ether oxygens (including phenoxy) is 1. The Hall–Kier alpha value is -1.06. The predicted octanol–water partition coefficient (Wildman–Crippen LogP) is 3.87. The molecule has 3 nitrogen and oxygen atoms in total. The van der Waals surface area contributed by atoms with Gasteiger partial charge in [-0.3, -0.25) is 11.3 Å². The number of nitrogens with one attached hydrogen (secondary N) is 1. The van der Waals surface area contributed by atoms with Gasteiger partial charge in [0, 0.05) is 11.6 Å². The van der Waals surface area contributed by atoms with Crippen molar-refractivity contribution in [3.05, 3.63) is 29.3 Å². The lowest BCUT2D eigenvalue weighted by atomic mass is 9.98. The van der Waals surface area contributed by atoms with Crippen LogP contribution in [0.4, 0.5) is 0 Å². The van der Waals surface area contributed by atoms with Crippen LogP contribution in [0, 0.1) is 6.92 Å². The average molecular weight is 264 g/mol. The molecule has 1 atom stereocenters. The van der Waals surface area contributed by atoms with Crippen LogP contribution >= 0.6 is 0 Å². The lowest BCUT2D eigenvalue weighted by Gasteiger charge is -2.19. The Morgan fingerprint density at radius 2 is 1.95 bits per heavy atom. The van der Waals surface area contributed by atoms with Crippen molar-refractivity contribution in [3.63, 3.8) is 0 Å². The van der Waals surface area contributed by atoms with E-state index in [4.69, 9.17) is 10.6 Å². The second-order valence-corrected chi connectivity index (χ2v) is 5.17. The summed E-state index contributed by atoms with van der Waals surface area (Å²) in [6.07, 6.45) is 7.46. The SMILES string of the molecule is CCCCCCCC(NN)c1cc(C)ccc1OC. The highest BCUT2D eigenvalue weighted by molar-refractivity contribution is 5.39. The largest absolute Gasteiger partial charge is 0.496 e. The van der Waals surface area contributed by atoms with E-state index in [1.54, 1.807) is 7.11 Å². The summed E-state index contributed by atoms with van der Waals surface area (Å²) in [5.41, 5.74) is 5.34. The van der Waals surface area contributed by atoms with Crippen molar-refractivity contribution >= 4 is 0 Å². The van der Waals surface area contributed by atoms with Crippen molar-refractivity contribution in [2.45, 2.75) is 58.4 Å². The number of benzene rings is 1. The fraction of sp³-hybridized carbons (Fsp3) is 0.625. The number of hydrogen-bond acceptors (Lipinski definition) is 3. The van der Waals surface area contributed by atoms with Gasteiger partial charge in [-0.2, -0.15) is 0 Å². The van der Waals surface area contributed by atoms with Crippen LogP contribution in [0.5, 0.6) is 5.75 Å². The van der Waals surface area contributed by atoms with E-state index in [0.29, 0.717) is 0 Å². The molecule has 0 aliphatic rings. The van der Waals surface area contributed by atoms with Gasteiger partial charge in [0.15, 0.2) is 0 Å². The molecule has 0 aromatic heterocycles. The van der Waals surface area contributed by atoms with Gasteiger partial charge in [0.25, 0.3) is 0 Å². The molecule has 0 aliphatic carbocycles. The molecule has 1 unspecified atom stereocenters. The standard InChI is InChI=1S/C16H28N2O/c1-4-5-6-7-8-9-15(18-17)14-12-13(2)10-11-16(14)19-3/h10-12,15,18H,4-9,17H2,1-3H3. The normalized spacial score (nSPS) is 12.4. The molecule has 0 saturated heterocycles. The summed E-state index contributed by atoms with van der Waals surface area (Å²) in [6, 6.07) is 6.43. The molecular weight excluding hydrogens is 236 g/mol. The van der Waals surface area contributed by atoms with E-state index >= 15 is 0 Å². The molecule has 1 rings (SSSR count). The molecule has 0 aliphatic heterocycles. The highest BCUT2D eigenvalue weighted by Gasteiger charge is 2.14. The van der Waals surface area contributed by atoms with Gasteiger partial charge in [-0.1, -0.05) is 56.7 Å². The summed E-state index contributed by atoms with van der Waals surface area (Å²) < 4.78 is 5.43. The Labute approximate surface area is 117 Å². The third kappa shape index (κ3) is 5.21. The number of methoxy groups -OCH3 is 1. The number of hydrazine groups is 1. The quantitative estimate of drug-likeness (QED) is 0.404. The van der Waals surface area contributed by atoms with Crippen LogP contribution in [0.25, 0.3) is 0 Å². The minimum absolute atomic E-state index is 0.177. The molecule has 0 amide bonds. The van der Waals surface area contributed by atoms with Crippen LogP contribution in [0.15, 0.2) is 18.2 Å². The van der Waals surface area contributed by atoms with E-state index in [2.05, 4.69) is 31.4 Å². The van der Waals surface area contributed by atoms with Crippen LogP contribution in [0.2, 0.25) is 0 Å². The molecule has 0 saturated carbocycles. The van der Waals surface area contributed by atoms with E-state index in [1.807, 2.05) is 6.07 Å². The molecule has 0 bridgehead atoms. The predicted molar refractivity (Wildman–Crippen MR) is 81.2 cm³/mol. The van der Waals surface area contributed by atoms with E-state index in [0.717, 1.165) is 12.2 Å². The molecule has 3 heteroatoms. The van der Waals surface area contributed by atoms with Crippen LogP contribution in [-0.4, -0.2) is 7.11 Å². The number of rotatable bonds is 9. The van der Waals surface area contributed by atoms with Gasteiger partial charge >= 0.3 is 0 Å². The fourth-order valence-electron chi connectivity index (χ4n) is 2.41. The van der Waals surface area contributed by atoms with Crippen molar-refractivity contribution in [1.29, 1.82) is 0 Å². The lowest BCUT2D eigenvalue weighted by molar-refractivity contribution is 0.392. The number of nitrogens with two attached hydrogens (primary N) is 1. The zero-order valence-corrected chi connectivity index (χ0v) is 12.5. The van der Waals surface area contributed by atoms with Crippen molar-refractivity contribution in [1.82, 2.24) is 5.43 Å². The summed E-state index contributed by atoms with van der Waals surface area (Å²) in [7, 11) is 1.71. The van der Waals surface area contributed by atoms with Crippen LogP contribution < -0.4 is 16.0 Å². The highest BCUT2D eigenvalue weighted by atomic mass is 16.5. The third-order valence-electron chi connectivity index (χ3n) is 3.56. The van der Waals surface area contributed by atoms with Gasteiger partial charge in [-0.25, -0.2) is 0 Å². The first-order valence-electron chi connectivity index (χ1n) is 7.33. The smallest absolute Gasteiger partial charge is 0.123 e. The lowest BCUT2D eigenvalue weighted by Crippen LogP contribution is -2.28. The fourth-order valence-corrected chi connectivity index (χ4v) is 2.41. The second-order valence-electron chi connectivity index (χ2n) is 5.17. The van der Waals surface area contributed by atoms with Gasteiger partial charge in [0.1, 0.15) is 5.75 Å². The first-order chi connectivity index (χ1) is 9.22. The molecule has 0 radical (unpaired) electrons. The summed E-state index contributed by atoms with van der Waals surface area (Å²) in [6.45, 7) is 4.33. The van der Waals surface area contributed by atoms with Gasteiger partial charge in [-0.15, -0.1) is 0 Å². The maximum atomic E-state index is 5.71. The van der Waals surface area contributed by atoms with Crippen molar-refractivity contribution in [3.8, 4) is 5.75 Å². The third-order valence-corrected chi connectivity index (χ3v) is 3.56. The molecule has 19 heavy (non-hydrogen) atoms. The zero-order valence-electron chi connectivity index (χ0n) is 12.5. The van der Waals surface area contributed by atoms with E-state index in [-0.39, 0.29) is 6.04 Å². The summed E-state index contributed by atoms with van der Waals surface area (Å²) >= 11 is 0. The van der Waals surface area contributed by atoms with Crippen molar-refractivity contribution < 1.29 is 4.74 Å². The molecule has 0 fully saturated rings. The maximum absolute atomic E-state index is 5.71. The summed E-state index contributed by atoms with van der Waals surface area (Å²) in [4.78, 5) is 0. The topological polar surface area (TPSA) is 47.3 Å². The Balaban J connectivity index is 2.60. The van der Waals surface area contributed by atoms with Crippen molar-refractivity contribution in [2.24, 2.45) is 5.84 Å². The minimum Gasteiger partial charge on any atom is -0.496 e.